The molecule has 0 saturated heterocycles. The van der Waals surface area contributed by atoms with Crippen LogP contribution in [0.25, 0.3) is 0 Å². The quantitative estimate of drug-likeness (QED) is 0.469. The Morgan fingerprint density at radius 3 is 2.44 bits per heavy atom. The van der Waals surface area contributed by atoms with E-state index in [9.17, 15) is 0 Å². The summed E-state index contributed by atoms with van der Waals surface area (Å²) in [5, 5.41) is 0. The molecule has 25 heavy (non-hydrogen) atoms. The second-order valence-electron chi connectivity index (χ2n) is 9.40. The molecule has 0 aromatic heterocycles. The Kier molecular flexibility index (Phi) is 7.15. The largest absolute Gasteiger partial charge is 1.00 e. The molecule has 1 aromatic carbocycles. The number of hydrogen-bond donors (Lipinski definition) is 0. The van der Waals surface area contributed by atoms with Gasteiger partial charge in [-0.2, -0.15) is 0 Å². The first-order valence-corrected chi connectivity index (χ1v) is 9.82. The zero-order chi connectivity index (χ0) is 17.2. The van der Waals surface area contributed by atoms with E-state index in [1.807, 2.05) is 0 Å². The second-order valence-corrected chi connectivity index (χ2v) is 9.40. The molecule has 0 heterocycles. The van der Waals surface area contributed by atoms with Crippen LogP contribution in [0.5, 0.6) is 0 Å². The van der Waals surface area contributed by atoms with E-state index in [1.54, 1.807) is 0 Å². The van der Waals surface area contributed by atoms with Crippen LogP contribution in [-0.4, -0.2) is 38.3 Å². The predicted octanol–water partition coefficient (Wildman–Crippen LogP) is 1.75. The third-order valence-electron chi connectivity index (χ3n) is 6.93. The van der Waals surface area contributed by atoms with Crippen molar-refractivity contribution in [1.82, 2.24) is 0 Å². The highest BCUT2D eigenvalue weighted by Crippen LogP contribution is 2.61. The van der Waals surface area contributed by atoms with E-state index in [2.05, 4.69) is 58.3 Å². The van der Waals surface area contributed by atoms with Crippen molar-refractivity contribution < 1.29 is 26.2 Å². The number of rotatable bonds is 8. The van der Waals surface area contributed by atoms with Gasteiger partial charge in [0.1, 0.15) is 13.1 Å². The summed E-state index contributed by atoms with van der Waals surface area (Å²) < 4.78 is 7.02. The van der Waals surface area contributed by atoms with Crippen molar-refractivity contribution in [2.45, 2.75) is 46.1 Å². The van der Waals surface area contributed by atoms with Crippen molar-refractivity contribution in [2.75, 3.05) is 33.9 Å². The van der Waals surface area contributed by atoms with Crippen LogP contribution in [0.2, 0.25) is 0 Å². The SMILES string of the molecule is CC1(C)C2CCC(CCOCC[N+](C)(C)Cc3ccccc3)C1C2.[Br-]. The molecule has 3 unspecified atom stereocenters. The van der Waals surface area contributed by atoms with Crippen LogP contribution in [0.3, 0.4) is 0 Å². The number of fused-ring (bicyclic) bond motifs is 2. The Labute approximate surface area is 165 Å². The fraction of sp³-hybridized carbons (Fsp3) is 0.727. The van der Waals surface area contributed by atoms with Gasteiger partial charge < -0.3 is 26.2 Å². The number of quaternary nitrogens is 1. The minimum Gasteiger partial charge on any atom is -1.00 e. The summed E-state index contributed by atoms with van der Waals surface area (Å²) >= 11 is 0. The minimum absolute atomic E-state index is 0. The third kappa shape index (κ3) is 5.08. The maximum absolute atomic E-state index is 6.03. The predicted molar refractivity (Wildman–Crippen MR) is 101 cm³/mol. The standard InChI is InChI=1S/C22H36NO.BrH/c1-22(2)20-11-10-19(21(22)16-20)12-14-24-15-13-23(3,4)17-18-8-6-5-7-9-18;/h5-9,19-21H,10-17H2,1-4H3;1H/q+1;/p-1. The molecule has 3 atom stereocenters. The molecule has 0 N–H and O–H groups in total. The molecule has 3 saturated carbocycles. The van der Waals surface area contributed by atoms with Gasteiger partial charge in [-0.3, -0.25) is 0 Å². The number of nitrogens with zero attached hydrogens (tertiary/aromatic N) is 1. The van der Waals surface area contributed by atoms with Crippen molar-refractivity contribution in [1.29, 1.82) is 0 Å². The first kappa shape index (κ1) is 20.9. The van der Waals surface area contributed by atoms with Crippen LogP contribution >= 0.6 is 0 Å². The van der Waals surface area contributed by atoms with Crippen LogP contribution in [0.4, 0.5) is 0 Å². The fourth-order valence-electron chi connectivity index (χ4n) is 5.11. The lowest BCUT2D eigenvalue weighted by Crippen LogP contribution is -3.00. The van der Waals surface area contributed by atoms with E-state index in [0.717, 1.165) is 48.5 Å². The van der Waals surface area contributed by atoms with E-state index < -0.39 is 0 Å². The first-order chi connectivity index (χ1) is 11.4. The highest BCUT2D eigenvalue weighted by Gasteiger charge is 2.53. The Hall–Kier alpha value is -0.380. The maximum atomic E-state index is 6.03. The first-order valence-electron chi connectivity index (χ1n) is 9.82. The van der Waals surface area contributed by atoms with E-state index in [1.165, 1.54) is 31.2 Å². The summed E-state index contributed by atoms with van der Waals surface area (Å²) in [4.78, 5) is 0. The average molecular weight is 410 g/mol. The molecule has 3 fully saturated rings. The van der Waals surface area contributed by atoms with Crippen LogP contribution in [0.1, 0.15) is 45.1 Å². The van der Waals surface area contributed by atoms with Gasteiger partial charge in [-0.1, -0.05) is 44.2 Å². The molecule has 2 nitrogen and oxygen atoms in total. The van der Waals surface area contributed by atoms with Gasteiger partial charge in [0.05, 0.1) is 20.7 Å². The van der Waals surface area contributed by atoms with Gasteiger partial charge in [-0.15, -0.1) is 0 Å². The number of benzene rings is 1. The van der Waals surface area contributed by atoms with E-state index in [-0.39, 0.29) is 17.0 Å². The van der Waals surface area contributed by atoms with Crippen LogP contribution in [0, 0.1) is 23.2 Å². The molecular weight excluding hydrogens is 374 g/mol. The van der Waals surface area contributed by atoms with Gasteiger partial charge in [-0.05, 0) is 48.9 Å². The topological polar surface area (TPSA) is 9.23 Å². The molecule has 3 heteroatoms. The average Bonchev–Trinajstić information content (AvgIpc) is 2.55. The normalized spacial score (nSPS) is 27.3. The molecule has 1 aromatic rings. The lowest BCUT2D eigenvalue weighted by molar-refractivity contribution is -0.904. The number of ether oxygens (including phenoxy) is 1. The summed E-state index contributed by atoms with van der Waals surface area (Å²) in [6, 6.07) is 10.8. The Bertz CT molecular complexity index is 526. The van der Waals surface area contributed by atoms with Crippen molar-refractivity contribution in [3.05, 3.63) is 35.9 Å². The van der Waals surface area contributed by atoms with Gasteiger partial charge in [0, 0.05) is 12.2 Å². The molecule has 2 bridgehead atoms. The number of halogens is 1. The molecule has 0 amide bonds. The van der Waals surface area contributed by atoms with E-state index in [4.69, 9.17) is 4.74 Å². The lowest BCUT2D eigenvalue weighted by atomic mass is 9.45. The second kappa shape index (κ2) is 8.54. The zero-order valence-corrected chi connectivity index (χ0v) is 18.1. The lowest BCUT2D eigenvalue weighted by Gasteiger charge is -2.60. The highest BCUT2D eigenvalue weighted by molar-refractivity contribution is 5.13. The van der Waals surface area contributed by atoms with Crippen molar-refractivity contribution in [2.24, 2.45) is 23.2 Å². The van der Waals surface area contributed by atoms with Gasteiger partial charge >= 0.3 is 0 Å². The monoisotopic (exact) mass is 409 g/mol. The molecular formula is C22H36BrNO. The molecule has 3 aliphatic carbocycles. The summed E-state index contributed by atoms with van der Waals surface area (Å²) in [6.07, 6.45) is 5.65. The van der Waals surface area contributed by atoms with Crippen molar-refractivity contribution in [3.8, 4) is 0 Å². The summed E-state index contributed by atoms with van der Waals surface area (Å²) in [6.45, 7) is 8.96. The Morgan fingerprint density at radius 2 is 1.80 bits per heavy atom. The van der Waals surface area contributed by atoms with E-state index >= 15 is 0 Å². The van der Waals surface area contributed by atoms with Crippen LogP contribution < -0.4 is 17.0 Å². The molecule has 0 radical (unpaired) electrons. The van der Waals surface area contributed by atoms with Gasteiger partial charge in [0.25, 0.3) is 0 Å². The van der Waals surface area contributed by atoms with Crippen molar-refractivity contribution >= 4 is 0 Å². The third-order valence-corrected chi connectivity index (χ3v) is 6.93. The molecule has 142 valence electrons. The minimum atomic E-state index is 0. The smallest absolute Gasteiger partial charge is 0.104 e. The highest BCUT2D eigenvalue weighted by atomic mass is 79.9. The summed E-state index contributed by atoms with van der Waals surface area (Å²) in [5.74, 6) is 2.89. The fourth-order valence-corrected chi connectivity index (χ4v) is 5.11. The van der Waals surface area contributed by atoms with Crippen LogP contribution in [0.15, 0.2) is 30.3 Å². The molecule has 3 aliphatic rings. The molecule has 0 aliphatic heterocycles. The van der Waals surface area contributed by atoms with Crippen LogP contribution in [-0.2, 0) is 11.3 Å². The number of hydrogen-bond acceptors (Lipinski definition) is 1. The molecule has 4 rings (SSSR count). The van der Waals surface area contributed by atoms with Gasteiger partial charge in [0.15, 0.2) is 0 Å². The van der Waals surface area contributed by atoms with Gasteiger partial charge in [-0.25, -0.2) is 0 Å². The Morgan fingerprint density at radius 1 is 1.08 bits per heavy atom. The van der Waals surface area contributed by atoms with Gasteiger partial charge in [0.2, 0.25) is 0 Å². The molecule has 0 spiro atoms. The summed E-state index contributed by atoms with van der Waals surface area (Å²) in [7, 11) is 4.60. The number of likely N-dealkylation sites (N-methyl/N-ethyl adjacent to an activating group) is 1. The summed E-state index contributed by atoms with van der Waals surface area (Å²) in [5.41, 5.74) is 2.02. The maximum Gasteiger partial charge on any atom is 0.104 e. The van der Waals surface area contributed by atoms with E-state index in [0.29, 0.717) is 5.41 Å². The Balaban J connectivity index is 0.00000225. The zero-order valence-electron chi connectivity index (χ0n) is 16.5. The van der Waals surface area contributed by atoms with Crippen molar-refractivity contribution in [3.63, 3.8) is 0 Å².